The first kappa shape index (κ1) is 13.0. The van der Waals surface area contributed by atoms with Crippen LogP contribution in [-0.4, -0.2) is 22.6 Å². The molecule has 3 rings (SSSR count). The van der Waals surface area contributed by atoms with E-state index in [4.69, 9.17) is 0 Å². The van der Waals surface area contributed by atoms with Crippen LogP contribution in [0.15, 0.2) is 18.2 Å². The minimum absolute atomic E-state index is 0.462. The van der Waals surface area contributed by atoms with E-state index in [1.165, 1.54) is 50.6 Å². The standard InChI is InChI=1S/C17H25NO/c1-13-8-9-17(19)15(11-13)12-18-10-4-6-14-5-2-3-7-16(14)18/h8-9,11,14,16,19H,2-7,10,12H2,1H3/t14-,16-/m1/s1. The Bertz CT molecular complexity index is 441. The van der Waals surface area contributed by atoms with Crippen LogP contribution in [0.3, 0.4) is 0 Å². The lowest BCUT2D eigenvalue weighted by Crippen LogP contribution is -2.46. The number of hydrogen-bond acceptors (Lipinski definition) is 2. The van der Waals surface area contributed by atoms with Crippen molar-refractivity contribution in [3.05, 3.63) is 29.3 Å². The maximum Gasteiger partial charge on any atom is 0.120 e. The number of nitrogens with zero attached hydrogens (tertiary/aromatic N) is 1. The lowest BCUT2D eigenvalue weighted by Gasteiger charge is -2.44. The van der Waals surface area contributed by atoms with E-state index in [1.807, 2.05) is 12.1 Å². The number of fused-ring (bicyclic) bond motifs is 1. The molecule has 2 nitrogen and oxygen atoms in total. The Labute approximate surface area is 116 Å². The van der Waals surface area contributed by atoms with Crippen LogP contribution in [0.2, 0.25) is 0 Å². The van der Waals surface area contributed by atoms with Gasteiger partial charge in [-0.2, -0.15) is 0 Å². The average Bonchev–Trinajstić information content (AvgIpc) is 2.43. The molecule has 19 heavy (non-hydrogen) atoms. The van der Waals surface area contributed by atoms with E-state index in [1.54, 1.807) is 0 Å². The van der Waals surface area contributed by atoms with Gasteiger partial charge < -0.3 is 5.11 Å². The molecule has 0 amide bonds. The Morgan fingerprint density at radius 1 is 1.16 bits per heavy atom. The Balaban J connectivity index is 1.75. The molecule has 1 saturated carbocycles. The molecule has 1 aromatic rings. The first-order chi connectivity index (χ1) is 9.24. The van der Waals surface area contributed by atoms with E-state index in [0.717, 1.165) is 24.1 Å². The van der Waals surface area contributed by atoms with Crippen molar-refractivity contribution < 1.29 is 5.11 Å². The average molecular weight is 259 g/mol. The summed E-state index contributed by atoms with van der Waals surface area (Å²) in [4.78, 5) is 2.63. The highest BCUT2D eigenvalue weighted by molar-refractivity contribution is 5.35. The monoisotopic (exact) mass is 259 g/mol. The van der Waals surface area contributed by atoms with Crippen LogP contribution in [-0.2, 0) is 6.54 Å². The van der Waals surface area contributed by atoms with Crippen molar-refractivity contribution in [3.8, 4) is 5.75 Å². The van der Waals surface area contributed by atoms with Gasteiger partial charge in [-0.1, -0.05) is 30.5 Å². The molecule has 1 aromatic carbocycles. The van der Waals surface area contributed by atoms with Crippen LogP contribution in [0, 0.1) is 12.8 Å². The number of hydrogen-bond donors (Lipinski definition) is 1. The molecule has 0 aromatic heterocycles. The minimum Gasteiger partial charge on any atom is -0.508 e. The van der Waals surface area contributed by atoms with Gasteiger partial charge in [0.1, 0.15) is 5.75 Å². The van der Waals surface area contributed by atoms with Gasteiger partial charge in [0.05, 0.1) is 0 Å². The number of phenolic OH excluding ortho intramolecular Hbond substituents is 1. The highest BCUT2D eigenvalue weighted by Crippen LogP contribution is 2.36. The van der Waals surface area contributed by atoms with Crippen molar-refractivity contribution in [1.82, 2.24) is 4.90 Å². The van der Waals surface area contributed by atoms with E-state index in [2.05, 4.69) is 17.9 Å². The molecule has 1 saturated heterocycles. The molecule has 0 radical (unpaired) electrons. The van der Waals surface area contributed by atoms with Gasteiger partial charge in [-0.3, -0.25) is 4.90 Å². The molecule has 2 aliphatic rings. The van der Waals surface area contributed by atoms with Crippen LogP contribution in [0.25, 0.3) is 0 Å². The lowest BCUT2D eigenvalue weighted by atomic mass is 9.78. The largest absolute Gasteiger partial charge is 0.508 e. The quantitative estimate of drug-likeness (QED) is 0.872. The number of phenols is 1. The fourth-order valence-electron chi connectivity index (χ4n) is 3.98. The van der Waals surface area contributed by atoms with Gasteiger partial charge in [0, 0.05) is 18.2 Å². The molecule has 2 heteroatoms. The second kappa shape index (κ2) is 5.54. The van der Waals surface area contributed by atoms with Gasteiger partial charge in [0.25, 0.3) is 0 Å². The first-order valence-electron chi connectivity index (χ1n) is 7.76. The fraction of sp³-hybridized carbons (Fsp3) is 0.647. The number of rotatable bonds is 2. The normalized spacial score (nSPS) is 28.1. The van der Waals surface area contributed by atoms with Gasteiger partial charge in [-0.15, -0.1) is 0 Å². The molecule has 104 valence electrons. The summed E-state index contributed by atoms with van der Waals surface area (Å²) in [6, 6.07) is 6.73. The first-order valence-corrected chi connectivity index (χ1v) is 7.76. The molecule has 2 atom stereocenters. The minimum atomic E-state index is 0.462. The number of aromatic hydroxyl groups is 1. The van der Waals surface area contributed by atoms with Crippen LogP contribution in [0.5, 0.6) is 5.75 Å². The van der Waals surface area contributed by atoms with Gasteiger partial charge in [0.2, 0.25) is 0 Å². The summed E-state index contributed by atoms with van der Waals surface area (Å²) in [5.74, 6) is 1.37. The molecule has 1 heterocycles. The van der Waals surface area contributed by atoms with Gasteiger partial charge >= 0.3 is 0 Å². The smallest absolute Gasteiger partial charge is 0.120 e. The molecule has 0 spiro atoms. The third kappa shape index (κ3) is 2.79. The summed E-state index contributed by atoms with van der Waals surface area (Å²) < 4.78 is 0. The van der Waals surface area contributed by atoms with E-state index in [0.29, 0.717) is 5.75 Å². The fourth-order valence-corrected chi connectivity index (χ4v) is 3.98. The Hall–Kier alpha value is -1.02. The number of likely N-dealkylation sites (tertiary alicyclic amines) is 1. The zero-order valence-electron chi connectivity index (χ0n) is 11.9. The second-order valence-electron chi connectivity index (χ2n) is 6.36. The zero-order chi connectivity index (χ0) is 13.2. The summed E-state index contributed by atoms with van der Waals surface area (Å²) in [5.41, 5.74) is 2.34. The van der Waals surface area contributed by atoms with Crippen LogP contribution < -0.4 is 0 Å². The predicted molar refractivity (Wildman–Crippen MR) is 78.2 cm³/mol. The van der Waals surface area contributed by atoms with Crippen molar-refractivity contribution >= 4 is 0 Å². The number of aryl methyl sites for hydroxylation is 1. The summed E-state index contributed by atoms with van der Waals surface area (Å²) >= 11 is 0. The van der Waals surface area contributed by atoms with Crippen LogP contribution in [0.4, 0.5) is 0 Å². The Morgan fingerprint density at radius 2 is 1.95 bits per heavy atom. The highest BCUT2D eigenvalue weighted by atomic mass is 16.3. The van der Waals surface area contributed by atoms with E-state index in [-0.39, 0.29) is 0 Å². The molecule has 0 unspecified atom stereocenters. The van der Waals surface area contributed by atoms with Crippen molar-refractivity contribution in [2.45, 2.75) is 58.0 Å². The van der Waals surface area contributed by atoms with Crippen molar-refractivity contribution in [2.75, 3.05) is 6.54 Å². The lowest BCUT2D eigenvalue weighted by molar-refractivity contribution is 0.0541. The van der Waals surface area contributed by atoms with Gasteiger partial charge in [-0.25, -0.2) is 0 Å². The molecule has 0 bridgehead atoms. The van der Waals surface area contributed by atoms with Crippen LogP contribution >= 0.6 is 0 Å². The maximum atomic E-state index is 10.0. The van der Waals surface area contributed by atoms with Crippen molar-refractivity contribution in [1.29, 1.82) is 0 Å². The number of piperidine rings is 1. The maximum absolute atomic E-state index is 10.0. The van der Waals surface area contributed by atoms with E-state index < -0.39 is 0 Å². The molecule has 2 fully saturated rings. The molecule has 1 aliphatic carbocycles. The third-order valence-electron chi connectivity index (χ3n) is 4.97. The summed E-state index contributed by atoms with van der Waals surface area (Å²) in [6.07, 6.45) is 8.33. The van der Waals surface area contributed by atoms with Gasteiger partial charge in [-0.05, 0) is 51.1 Å². The van der Waals surface area contributed by atoms with Crippen LogP contribution in [0.1, 0.15) is 49.7 Å². The predicted octanol–water partition coefficient (Wildman–Crippen LogP) is 3.86. The molecular formula is C17H25NO. The summed E-state index contributed by atoms with van der Waals surface area (Å²) in [7, 11) is 0. The number of benzene rings is 1. The highest BCUT2D eigenvalue weighted by Gasteiger charge is 2.33. The molecular weight excluding hydrogens is 234 g/mol. The zero-order valence-corrected chi connectivity index (χ0v) is 11.9. The van der Waals surface area contributed by atoms with Crippen molar-refractivity contribution in [2.24, 2.45) is 5.92 Å². The summed E-state index contributed by atoms with van der Waals surface area (Å²) in [5, 5.41) is 10.0. The summed E-state index contributed by atoms with van der Waals surface area (Å²) in [6.45, 7) is 4.23. The Morgan fingerprint density at radius 3 is 2.84 bits per heavy atom. The van der Waals surface area contributed by atoms with E-state index in [9.17, 15) is 5.11 Å². The van der Waals surface area contributed by atoms with E-state index >= 15 is 0 Å². The Kier molecular flexibility index (Phi) is 3.79. The topological polar surface area (TPSA) is 23.5 Å². The van der Waals surface area contributed by atoms with Gasteiger partial charge in [0.15, 0.2) is 0 Å². The van der Waals surface area contributed by atoms with Crippen molar-refractivity contribution in [3.63, 3.8) is 0 Å². The molecule has 1 aliphatic heterocycles. The SMILES string of the molecule is Cc1ccc(O)c(CN2CCC[C@H]3CCCC[C@H]32)c1. The molecule has 1 N–H and O–H groups in total. The second-order valence-corrected chi connectivity index (χ2v) is 6.36. The third-order valence-corrected chi connectivity index (χ3v) is 4.97.